The summed E-state index contributed by atoms with van der Waals surface area (Å²) in [6, 6.07) is 8.54. The molecule has 4 N–H and O–H groups in total. The number of nitrogens with one attached hydrogen (secondary N) is 3. The number of sulfonamides is 1. The molecule has 0 spiro atoms. The van der Waals surface area contributed by atoms with E-state index < -0.39 is 10.0 Å². The minimum atomic E-state index is -3.38. The first kappa shape index (κ1) is 18.2. The third-order valence-electron chi connectivity index (χ3n) is 3.79. The normalized spacial score (nSPS) is 11.6. The minimum Gasteiger partial charge on any atom is -0.506 e. The van der Waals surface area contributed by atoms with E-state index in [0.29, 0.717) is 38.9 Å². The van der Waals surface area contributed by atoms with Crippen LogP contribution in [0, 0.1) is 6.92 Å². The van der Waals surface area contributed by atoms with Crippen LogP contribution >= 0.6 is 11.3 Å². The number of thiophene rings is 1. The molecule has 0 aliphatic carbocycles. The van der Waals surface area contributed by atoms with Gasteiger partial charge in [-0.25, -0.2) is 18.4 Å². The molecule has 0 radical (unpaired) electrons. The number of H-pyrrole nitrogens is 1. The molecule has 9 nitrogen and oxygen atoms in total. The van der Waals surface area contributed by atoms with Crippen LogP contribution in [0.25, 0.3) is 21.6 Å². The van der Waals surface area contributed by atoms with Gasteiger partial charge in [0.05, 0.1) is 22.5 Å². The molecule has 0 saturated heterocycles. The van der Waals surface area contributed by atoms with Crippen molar-refractivity contribution in [1.29, 1.82) is 0 Å². The van der Waals surface area contributed by atoms with Crippen molar-refractivity contribution in [3.05, 3.63) is 41.4 Å². The highest BCUT2D eigenvalue weighted by Gasteiger charge is 2.15. The van der Waals surface area contributed by atoms with Gasteiger partial charge in [0.1, 0.15) is 22.9 Å². The zero-order valence-corrected chi connectivity index (χ0v) is 16.5. The predicted octanol–water partition coefficient (Wildman–Crippen LogP) is 3.21. The molecule has 0 unspecified atom stereocenters. The number of benzene rings is 1. The van der Waals surface area contributed by atoms with Gasteiger partial charge in [0, 0.05) is 16.8 Å². The standard InChI is InChI=1S/C17H16N6O3S2/c1-9-6-14(22-21-9)18-16-11-4-3-5-12(24)15(11)19-17(20-16)13-7-10(8-27-13)23-28(2,25)26/h3-8,23-24H,1-2H3,(H2,18,19,20,21,22). The third kappa shape index (κ3) is 3.75. The first-order chi connectivity index (χ1) is 13.3. The van der Waals surface area contributed by atoms with Crippen molar-refractivity contribution in [2.45, 2.75) is 6.92 Å². The van der Waals surface area contributed by atoms with Gasteiger partial charge in [-0.3, -0.25) is 9.82 Å². The number of aromatic hydroxyl groups is 1. The van der Waals surface area contributed by atoms with Gasteiger partial charge < -0.3 is 10.4 Å². The number of phenolic OH excluding ortho intramolecular Hbond substituents is 1. The van der Waals surface area contributed by atoms with E-state index in [0.717, 1.165) is 11.9 Å². The Kier molecular flexibility index (Phi) is 4.40. The van der Waals surface area contributed by atoms with Crippen molar-refractivity contribution < 1.29 is 13.5 Å². The summed E-state index contributed by atoms with van der Waals surface area (Å²) in [5.41, 5.74) is 1.64. The summed E-state index contributed by atoms with van der Waals surface area (Å²) in [6.45, 7) is 1.86. The molecule has 3 heterocycles. The summed E-state index contributed by atoms with van der Waals surface area (Å²) in [5.74, 6) is 1.53. The molecule has 0 fully saturated rings. The molecule has 0 amide bonds. The van der Waals surface area contributed by atoms with Crippen LogP contribution in [0.1, 0.15) is 5.69 Å². The van der Waals surface area contributed by atoms with Gasteiger partial charge in [0.15, 0.2) is 5.82 Å². The molecular formula is C17H16N6O3S2. The molecule has 0 aliphatic rings. The highest BCUT2D eigenvalue weighted by atomic mass is 32.2. The van der Waals surface area contributed by atoms with Crippen LogP contribution in [0.3, 0.4) is 0 Å². The molecule has 4 aromatic rings. The van der Waals surface area contributed by atoms with Crippen LogP contribution in [0.5, 0.6) is 5.75 Å². The average molecular weight is 416 g/mol. The number of hydrogen-bond donors (Lipinski definition) is 4. The Labute approximate surface area is 164 Å². The SMILES string of the molecule is Cc1cc(Nc2nc(-c3cc(NS(C)(=O)=O)cs3)nc3c(O)cccc23)[nH]n1. The number of rotatable bonds is 5. The number of aryl methyl sites for hydroxylation is 1. The molecule has 0 aliphatic heterocycles. The van der Waals surface area contributed by atoms with Gasteiger partial charge in [-0.2, -0.15) is 5.10 Å². The Morgan fingerprint density at radius 3 is 2.75 bits per heavy atom. The summed E-state index contributed by atoms with van der Waals surface area (Å²) in [4.78, 5) is 9.70. The summed E-state index contributed by atoms with van der Waals surface area (Å²) < 4.78 is 25.3. The maximum Gasteiger partial charge on any atom is 0.229 e. The zero-order valence-electron chi connectivity index (χ0n) is 14.9. The second-order valence-electron chi connectivity index (χ2n) is 6.19. The van der Waals surface area contributed by atoms with Gasteiger partial charge in [-0.1, -0.05) is 6.07 Å². The van der Waals surface area contributed by atoms with Crippen LogP contribution in [-0.2, 0) is 10.0 Å². The molecule has 28 heavy (non-hydrogen) atoms. The molecule has 4 rings (SSSR count). The molecule has 0 bridgehead atoms. The highest BCUT2D eigenvalue weighted by molar-refractivity contribution is 7.92. The topological polar surface area (TPSA) is 133 Å². The smallest absolute Gasteiger partial charge is 0.229 e. The Morgan fingerprint density at radius 2 is 2.04 bits per heavy atom. The number of anilines is 3. The van der Waals surface area contributed by atoms with Crippen molar-refractivity contribution in [3.8, 4) is 16.5 Å². The Morgan fingerprint density at radius 1 is 1.21 bits per heavy atom. The van der Waals surface area contributed by atoms with E-state index in [1.807, 2.05) is 13.0 Å². The number of hydrogen-bond acceptors (Lipinski definition) is 8. The zero-order chi connectivity index (χ0) is 19.9. The van der Waals surface area contributed by atoms with Crippen LogP contribution < -0.4 is 10.0 Å². The molecule has 144 valence electrons. The number of aromatic amines is 1. The van der Waals surface area contributed by atoms with Crippen molar-refractivity contribution >= 4 is 49.6 Å². The van der Waals surface area contributed by atoms with E-state index >= 15 is 0 Å². The van der Waals surface area contributed by atoms with E-state index in [9.17, 15) is 13.5 Å². The molecule has 1 aromatic carbocycles. The fourth-order valence-electron chi connectivity index (χ4n) is 2.68. The third-order valence-corrected chi connectivity index (χ3v) is 5.32. The molecular weight excluding hydrogens is 400 g/mol. The molecule has 11 heteroatoms. The number of fused-ring (bicyclic) bond motifs is 1. The van der Waals surface area contributed by atoms with Crippen molar-refractivity contribution in [3.63, 3.8) is 0 Å². The molecule has 0 atom stereocenters. The summed E-state index contributed by atoms with van der Waals surface area (Å²) >= 11 is 1.30. The quantitative estimate of drug-likeness (QED) is 0.392. The van der Waals surface area contributed by atoms with Gasteiger partial charge in [0.25, 0.3) is 0 Å². The monoisotopic (exact) mass is 416 g/mol. The van der Waals surface area contributed by atoms with Crippen LogP contribution in [0.15, 0.2) is 35.7 Å². The van der Waals surface area contributed by atoms with E-state index in [-0.39, 0.29) is 5.75 Å². The first-order valence-electron chi connectivity index (χ1n) is 8.14. The lowest BCUT2D eigenvalue weighted by Crippen LogP contribution is -2.08. The van der Waals surface area contributed by atoms with Gasteiger partial charge >= 0.3 is 0 Å². The largest absolute Gasteiger partial charge is 0.506 e. The maximum absolute atomic E-state index is 11.4. The van der Waals surface area contributed by atoms with Gasteiger partial charge in [-0.15, -0.1) is 11.3 Å². The lowest BCUT2D eigenvalue weighted by atomic mass is 10.2. The molecule has 0 saturated carbocycles. The predicted molar refractivity (Wildman–Crippen MR) is 110 cm³/mol. The number of aromatic nitrogens is 4. The summed E-state index contributed by atoms with van der Waals surface area (Å²) in [5, 5.41) is 22.7. The summed E-state index contributed by atoms with van der Waals surface area (Å²) in [6.07, 6.45) is 1.09. The van der Waals surface area contributed by atoms with Crippen molar-refractivity contribution in [2.24, 2.45) is 0 Å². The summed E-state index contributed by atoms with van der Waals surface area (Å²) in [7, 11) is -3.38. The highest BCUT2D eigenvalue weighted by Crippen LogP contribution is 2.34. The van der Waals surface area contributed by atoms with Crippen molar-refractivity contribution in [2.75, 3.05) is 16.3 Å². The Balaban J connectivity index is 1.82. The molecule has 3 aromatic heterocycles. The fourth-order valence-corrected chi connectivity index (χ4v) is 4.07. The van der Waals surface area contributed by atoms with Crippen LogP contribution in [0.2, 0.25) is 0 Å². The van der Waals surface area contributed by atoms with E-state index in [1.54, 1.807) is 29.6 Å². The van der Waals surface area contributed by atoms with E-state index in [2.05, 4.69) is 30.2 Å². The fraction of sp³-hybridized carbons (Fsp3) is 0.118. The maximum atomic E-state index is 11.4. The van der Waals surface area contributed by atoms with Crippen molar-refractivity contribution in [1.82, 2.24) is 20.2 Å². The van der Waals surface area contributed by atoms with E-state index in [1.165, 1.54) is 11.3 Å². The lowest BCUT2D eigenvalue weighted by molar-refractivity contribution is 0.480. The second kappa shape index (κ2) is 6.77. The first-order valence-corrected chi connectivity index (χ1v) is 10.9. The Hall–Kier alpha value is -3.18. The van der Waals surface area contributed by atoms with Crippen LogP contribution in [0.4, 0.5) is 17.3 Å². The van der Waals surface area contributed by atoms with E-state index in [4.69, 9.17) is 0 Å². The number of phenols is 1. The van der Waals surface area contributed by atoms with Gasteiger partial charge in [-0.05, 0) is 25.1 Å². The lowest BCUT2D eigenvalue weighted by Gasteiger charge is -2.10. The van der Waals surface area contributed by atoms with Gasteiger partial charge in [0.2, 0.25) is 10.0 Å². The number of para-hydroxylation sites is 1. The second-order valence-corrected chi connectivity index (χ2v) is 8.85. The minimum absolute atomic E-state index is 0.0241. The average Bonchev–Trinajstić information content (AvgIpc) is 3.23. The van der Waals surface area contributed by atoms with Crippen LogP contribution in [-0.4, -0.2) is 39.9 Å². The Bertz CT molecular complexity index is 1280. The number of nitrogens with zero attached hydrogens (tertiary/aromatic N) is 3.